The third-order valence-corrected chi connectivity index (χ3v) is 3.89. The fourth-order valence-electron chi connectivity index (χ4n) is 2.45. The minimum Gasteiger partial charge on any atom is -0.378 e. The van der Waals surface area contributed by atoms with Crippen molar-refractivity contribution < 1.29 is 13.6 Å². The Kier molecular flexibility index (Phi) is 4.28. The van der Waals surface area contributed by atoms with Gasteiger partial charge in [-0.25, -0.2) is 8.78 Å². The Bertz CT molecular complexity index is 729. The first-order valence-corrected chi connectivity index (χ1v) is 7.65. The number of anilines is 2. The normalized spacial score (nSPS) is 15.1. The highest BCUT2D eigenvalue weighted by molar-refractivity contribution is 5.94. The summed E-state index contributed by atoms with van der Waals surface area (Å²) in [6.07, 6.45) is 1.89. The van der Waals surface area contributed by atoms with E-state index in [4.69, 9.17) is 0 Å². The average Bonchev–Trinajstić information content (AvgIpc) is 3.35. The maximum Gasteiger partial charge on any atom is 0.227 e. The molecule has 0 radical (unpaired) electrons. The zero-order valence-corrected chi connectivity index (χ0v) is 12.8. The number of hydrogen-bond donors (Lipinski definition) is 2. The van der Waals surface area contributed by atoms with Gasteiger partial charge in [0.15, 0.2) is 0 Å². The van der Waals surface area contributed by atoms with E-state index >= 15 is 0 Å². The van der Waals surface area contributed by atoms with E-state index in [1.54, 1.807) is 25.1 Å². The van der Waals surface area contributed by atoms with Gasteiger partial charge in [0.05, 0.1) is 6.04 Å². The lowest BCUT2D eigenvalue weighted by atomic mass is 10.1. The van der Waals surface area contributed by atoms with Gasteiger partial charge in [0.2, 0.25) is 5.91 Å². The van der Waals surface area contributed by atoms with Crippen LogP contribution in [0.25, 0.3) is 0 Å². The van der Waals surface area contributed by atoms with Crippen molar-refractivity contribution in [2.45, 2.75) is 25.8 Å². The Labute approximate surface area is 133 Å². The van der Waals surface area contributed by atoms with Crippen LogP contribution in [0.4, 0.5) is 20.2 Å². The van der Waals surface area contributed by atoms with E-state index in [1.807, 2.05) is 6.07 Å². The second-order valence-corrected chi connectivity index (χ2v) is 5.88. The monoisotopic (exact) mass is 316 g/mol. The maximum atomic E-state index is 13.8. The molecule has 23 heavy (non-hydrogen) atoms. The molecule has 1 fully saturated rings. The van der Waals surface area contributed by atoms with Gasteiger partial charge in [-0.3, -0.25) is 4.79 Å². The molecule has 3 nitrogen and oxygen atoms in total. The molecule has 1 saturated carbocycles. The molecule has 1 aliphatic rings. The van der Waals surface area contributed by atoms with Crippen LogP contribution in [-0.2, 0) is 4.79 Å². The van der Waals surface area contributed by atoms with Gasteiger partial charge >= 0.3 is 0 Å². The van der Waals surface area contributed by atoms with Gasteiger partial charge in [0.25, 0.3) is 0 Å². The zero-order chi connectivity index (χ0) is 16.4. The van der Waals surface area contributed by atoms with Gasteiger partial charge in [-0.15, -0.1) is 0 Å². The lowest BCUT2D eigenvalue weighted by Crippen LogP contribution is -2.14. The number of halogens is 2. The molecule has 2 N–H and O–H groups in total. The highest BCUT2D eigenvalue weighted by Gasteiger charge is 2.29. The molecule has 120 valence electrons. The molecule has 0 saturated heterocycles. The van der Waals surface area contributed by atoms with E-state index in [1.165, 1.54) is 6.07 Å². The SMILES string of the molecule is CC(Nc1cccc(NC(=O)C2CC2)c1)c1cc(F)ccc1F. The van der Waals surface area contributed by atoms with Gasteiger partial charge in [0.1, 0.15) is 11.6 Å². The standard InChI is InChI=1S/C18H18F2N2O/c1-11(16-9-13(19)7-8-17(16)20)21-14-3-2-4-15(10-14)22-18(23)12-5-6-12/h2-4,7-12,21H,5-6H2,1H3,(H,22,23). The number of nitrogens with one attached hydrogen (secondary N) is 2. The predicted molar refractivity (Wildman–Crippen MR) is 86.2 cm³/mol. The summed E-state index contributed by atoms with van der Waals surface area (Å²) in [5.41, 5.74) is 1.69. The van der Waals surface area contributed by atoms with Crippen molar-refractivity contribution in [3.63, 3.8) is 0 Å². The minimum absolute atomic E-state index is 0.0337. The number of amides is 1. The Hall–Kier alpha value is -2.43. The third kappa shape index (κ3) is 3.86. The van der Waals surface area contributed by atoms with Crippen molar-refractivity contribution in [3.8, 4) is 0 Å². The third-order valence-electron chi connectivity index (χ3n) is 3.89. The lowest BCUT2D eigenvalue weighted by Gasteiger charge is -2.17. The Morgan fingerprint density at radius 1 is 1.13 bits per heavy atom. The predicted octanol–water partition coefficient (Wildman–Crippen LogP) is 4.49. The second kappa shape index (κ2) is 6.36. The maximum absolute atomic E-state index is 13.8. The molecular formula is C18H18F2N2O. The van der Waals surface area contributed by atoms with Crippen LogP contribution in [-0.4, -0.2) is 5.91 Å². The van der Waals surface area contributed by atoms with Crippen molar-refractivity contribution in [1.82, 2.24) is 0 Å². The van der Waals surface area contributed by atoms with E-state index in [2.05, 4.69) is 10.6 Å². The number of benzene rings is 2. The molecule has 1 atom stereocenters. The highest BCUT2D eigenvalue weighted by Crippen LogP contribution is 2.31. The van der Waals surface area contributed by atoms with Crippen molar-refractivity contribution in [2.75, 3.05) is 10.6 Å². The first-order chi connectivity index (χ1) is 11.0. The summed E-state index contributed by atoms with van der Waals surface area (Å²) in [5, 5.41) is 5.99. The first kappa shape index (κ1) is 15.5. The van der Waals surface area contributed by atoms with Crippen LogP contribution in [0.5, 0.6) is 0 Å². The molecule has 0 heterocycles. The fourth-order valence-corrected chi connectivity index (χ4v) is 2.45. The molecule has 1 unspecified atom stereocenters. The van der Waals surface area contributed by atoms with E-state index in [-0.39, 0.29) is 17.4 Å². The number of rotatable bonds is 5. The smallest absolute Gasteiger partial charge is 0.227 e. The molecule has 5 heteroatoms. The quantitative estimate of drug-likeness (QED) is 0.853. The summed E-state index contributed by atoms with van der Waals surface area (Å²) in [4.78, 5) is 11.8. The molecule has 0 bridgehead atoms. The summed E-state index contributed by atoms with van der Waals surface area (Å²) >= 11 is 0. The van der Waals surface area contributed by atoms with E-state index < -0.39 is 17.7 Å². The molecule has 0 aromatic heterocycles. The number of carbonyl (C=O) groups excluding carboxylic acids is 1. The first-order valence-electron chi connectivity index (χ1n) is 7.65. The highest BCUT2D eigenvalue weighted by atomic mass is 19.1. The molecule has 0 spiro atoms. The molecule has 3 rings (SSSR count). The Morgan fingerprint density at radius 3 is 2.61 bits per heavy atom. The van der Waals surface area contributed by atoms with Crippen LogP contribution in [0.1, 0.15) is 31.4 Å². The molecule has 1 aliphatic carbocycles. The summed E-state index contributed by atoms with van der Waals surface area (Å²) in [7, 11) is 0. The van der Waals surface area contributed by atoms with Crippen LogP contribution >= 0.6 is 0 Å². The largest absolute Gasteiger partial charge is 0.378 e. The molecule has 0 aliphatic heterocycles. The summed E-state index contributed by atoms with van der Waals surface area (Å²) < 4.78 is 27.1. The number of hydrogen-bond acceptors (Lipinski definition) is 2. The van der Waals surface area contributed by atoms with Gasteiger partial charge in [-0.05, 0) is 56.2 Å². The lowest BCUT2D eigenvalue weighted by molar-refractivity contribution is -0.117. The van der Waals surface area contributed by atoms with Crippen LogP contribution in [0.2, 0.25) is 0 Å². The van der Waals surface area contributed by atoms with Crippen molar-refractivity contribution in [2.24, 2.45) is 5.92 Å². The Balaban J connectivity index is 1.71. The van der Waals surface area contributed by atoms with E-state index in [0.717, 1.165) is 30.7 Å². The van der Waals surface area contributed by atoms with Crippen LogP contribution in [0.3, 0.4) is 0 Å². The summed E-state index contributed by atoms with van der Waals surface area (Å²) in [5.74, 6) is -0.761. The Morgan fingerprint density at radius 2 is 1.87 bits per heavy atom. The van der Waals surface area contributed by atoms with Crippen LogP contribution < -0.4 is 10.6 Å². The fraction of sp³-hybridized carbons (Fsp3) is 0.278. The average molecular weight is 316 g/mol. The van der Waals surface area contributed by atoms with Crippen LogP contribution in [0.15, 0.2) is 42.5 Å². The van der Waals surface area contributed by atoms with Crippen molar-refractivity contribution in [1.29, 1.82) is 0 Å². The zero-order valence-electron chi connectivity index (χ0n) is 12.8. The summed E-state index contributed by atoms with van der Waals surface area (Å²) in [6.45, 7) is 1.76. The van der Waals surface area contributed by atoms with Gasteiger partial charge in [-0.2, -0.15) is 0 Å². The van der Waals surface area contributed by atoms with Gasteiger partial charge in [0, 0.05) is 22.9 Å². The van der Waals surface area contributed by atoms with Gasteiger partial charge in [-0.1, -0.05) is 6.07 Å². The molecule has 1 amide bonds. The number of carbonyl (C=O) groups is 1. The molecular weight excluding hydrogens is 298 g/mol. The molecule has 2 aromatic carbocycles. The minimum atomic E-state index is -0.472. The second-order valence-electron chi connectivity index (χ2n) is 5.88. The van der Waals surface area contributed by atoms with Crippen LogP contribution in [0, 0.1) is 17.6 Å². The van der Waals surface area contributed by atoms with Crippen molar-refractivity contribution in [3.05, 3.63) is 59.7 Å². The van der Waals surface area contributed by atoms with E-state index in [9.17, 15) is 13.6 Å². The van der Waals surface area contributed by atoms with Gasteiger partial charge < -0.3 is 10.6 Å². The summed E-state index contributed by atoms with van der Waals surface area (Å²) in [6, 6.07) is 10.2. The van der Waals surface area contributed by atoms with E-state index in [0.29, 0.717) is 5.69 Å². The van der Waals surface area contributed by atoms with Crippen molar-refractivity contribution >= 4 is 17.3 Å². The molecule has 2 aromatic rings. The topological polar surface area (TPSA) is 41.1 Å².